The zero-order chi connectivity index (χ0) is 17.4. The van der Waals surface area contributed by atoms with Crippen molar-refractivity contribution in [1.29, 1.82) is 0 Å². The van der Waals surface area contributed by atoms with E-state index in [4.69, 9.17) is 0 Å². The Bertz CT molecular complexity index is 513. The molecule has 3 rings (SSSR count). The number of hydrogen-bond donors (Lipinski definition) is 3. The highest BCUT2D eigenvalue weighted by Crippen LogP contribution is 2.35. The van der Waals surface area contributed by atoms with Gasteiger partial charge < -0.3 is 16.0 Å². The smallest absolute Gasteiger partial charge is 0.351 e. The van der Waals surface area contributed by atoms with Crippen LogP contribution in [0.5, 0.6) is 0 Å². The van der Waals surface area contributed by atoms with Gasteiger partial charge >= 0.3 is 12.2 Å². The maximum absolute atomic E-state index is 12.4. The molecule has 1 saturated carbocycles. The lowest BCUT2D eigenvalue weighted by atomic mass is 9.78. The number of amides is 3. The van der Waals surface area contributed by atoms with Gasteiger partial charge in [0.05, 0.1) is 24.5 Å². The van der Waals surface area contributed by atoms with Crippen molar-refractivity contribution in [2.24, 2.45) is 0 Å². The highest BCUT2D eigenvalue weighted by Gasteiger charge is 2.49. The molecular weight excluding hydrogens is 325 g/mol. The normalized spacial score (nSPS) is 33.9. The zero-order valence-electron chi connectivity index (χ0n) is 13.4. The molecule has 1 unspecified atom stereocenters. The molecule has 2 heterocycles. The fourth-order valence-electron chi connectivity index (χ4n) is 4.18. The Morgan fingerprint density at radius 2 is 2.12 bits per heavy atom. The first-order valence-electron chi connectivity index (χ1n) is 8.43. The minimum atomic E-state index is -4.22. The Kier molecular flexibility index (Phi) is 4.63. The number of carbonyl (C=O) groups is 2. The molecule has 2 saturated heterocycles. The van der Waals surface area contributed by atoms with Crippen LogP contribution in [-0.2, 0) is 4.79 Å². The van der Waals surface area contributed by atoms with Crippen LogP contribution in [0.2, 0.25) is 0 Å². The van der Waals surface area contributed by atoms with Crippen LogP contribution in [0.4, 0.5) is 18.0 Å². The monoisotopic (exact) mass is 348 g/mol. The van der Waals surface area contributed by atoms with E-state index in [1.807, 2.05) is 0 Å². The molecule has 2 aliphatic heterocycles. The summed E-state index contributed by atoms with van der Waals surface area (Å²) in [5.41, 5.74) is -0.552. The van der Waals surface area contributed by atoms with E-state index in [-0.39, 0.29) is 31.0 Å². The van der Waals surface area contributed by atoms with Gasteiger partial charge in [0, 0.05) is 19.1 Å². The fraction of sp³-hybridized carbons (Fsp3) is 0.867. The van der Waals surface area contributed by atoms with Crippen LogP contribution in [0.3, 0.4) is 0 Å². The Labute approximate surface area is 138 Å². The first-order chi connectivity index (χ1) is 11.3. The summed E-state index contributed by atoms with van der Waals surface area (Å²) >= 11 is 0. The largest absolute Gasteiger partial charge is 0.401 e. The molecule has 0 aromatic carbocycles. The highest BCUT2D eigenvalue weighted by molar-refractivity contribution is 5.84. The van der Waals surface area contributed by atoms with Crippen molar-refractivity contribution < 1.29 is 22.8 Å². The van der Waals surface area contributed by atoms with Crippen LogP contribution in [-0.4, -0.2) is 60.3 Å². The maximum Gasteiger partial charge on any atom is 0.401 e. The molecule has 3 amide bonds. The Hall–Kier alpha value is -1.51. The third-order valence-corrected chi connectivity index (χ3v) is 5.22. The Balaban J connectivity index is 1.52. The third-order valence-electron chi connectivity index (χ3n) is 5.22. The topological polar surface area (TPSA) is 73.5 Å². The van der Waals surface area contributed by atoms with Crippen LogP contribution >= 0.6 is 0 Å². The van der Waals surface area contributed by atoms with E-state index in [0.29, 0.717) is 13.0 Å². The van der Waals surface area contributed by atoms with Crippen LogP contribution in [0.1, 0.15) is 38.5 Å². The van der Waals surface area contributed by atoms with E-state index in [2.05, 4.69) is 16.0 Å². The highest BCUT2D eigenvalue weighted by atomic mass is 19.4. The van der Waals surface area contributed by atoms with Gasteiger partial charge in [-0.05, 0) is 19.3 Å². The van der Waals surface area contributed by atoms with Gasteiger partial charge in [0.15, 0.2) is 0 Å². The van der Waals surface area contributed by atoms with Gasteiger partial charge in [-0.1, -0.05) is 12.8 Å². The second-order valence-electron chi connectivity index (χ2n) is 7.13. The molecule has 9 heteroatoms. The predicted octanol–water partition coefficient (Wildman–Crippen LogP) is 1.12. The molecular formula is C15H23F3N4O2. The van der Waals surface area contributed by atoms with Gasteiger partial charge in [-0.25, -0.2) is 4.79 Å². The lowest BCUT2D eigenvalue weighted by molar-refractivity contribution is -0.143. The minimum Gasteiger partial charge on any atom is -0.351 e. The number of alkyl halides is 3. The summed E-state index contributed by atoms with van der Waals surface area (Å²) in [6.07, 6.45) is 0.109. The summed E-state index contributed by atoms with van der Waals surface area (Å²) in [5, 5.41) is 8.62. The van der Waals surface area contributed by atoms with E-state index in [1.165, 1.54) is 4.90 Å². The average Bonchev–Trinajstić information content (AvgIpc) is 2.99. The lowest BCUT2D eigenvalue weighted by Gasteiger charge is -2.39. The second-order valence-corrected chi connectivity index (χ2v) is 7.13. The number of nitrogens with one attached hydrogen (secondary N) is 3. The van der Waals surface area contributed by atoms with Crippen LogP contribution < -0.4 is 16.0 Å². The van der Waals surface area contributed by atoms with E-state index in [9.17, 15) is 22.8 Å². The quantitative estimate of drug-likeness (QED) is 0.716. The standard InChI is InChI=1S/C15H23F3N4O2/c16-15(17,18)9-22-6-4-10(8-22)19-13(24)21-14-5-2-1-3-11(14)20-12(23)7-14/h10-11H,1-9H2,(H,20,23)(H2,19,21,24)/t10?,11-,14+/m0/s1. The molecule has 3 fully saturated rings. The average molecular weight is 348 g/mol. The summed E-state index contributed by atoms with van der Waals surface area (Å²) < 4.78 is 37.2. The molecule has 136 valence electrons. The number of fused-ring (bicyclic) bond motifs is 1. The fourth-order valence-corrected chi connectivity index (χ4v) is 4.18. The summed E-state index contributed by atoms with van der Waals surface area (Å²) in [7, 11) is 0. The zero-order valence-corrected chi connectivity index (χ0v) is 13.4. The van der Waals surface area contributed by atoms with Crippen LogP contribution in [0, 0.1) is 0 Å². The molecule has 24 heavy (non-hydrogen) atoms. The molecule has 3 aliphatic rings. The van der Waals surface area contributed by atoms with Gasteiger partial charge in [-0.2, -0.15) is 13.2 Å². The SMILES string of the molecule is O=C1C[C@]2(NC(=O)NC3CCN(CC(F)(F)F)C3)CCCC[C@@H]2N1. The number of likely N-dealkylation sites (tertiary alicyclic amines) is 1. The van der Waals surface area contributed by atoms with Gasteiger partial charge in [0.2, 0.25) is 5.91 Å². The van der Waals surface area contributed by atoms with Crippen LogP contribution in [0.15, 0.2) is 0 Å². The summed E-state index contributed by atoms with van der Waals surface area (Å²) in [5.74, 6) is -0.0561. The van der Waals surface area contributed by atoms with E-state index in [1.54, 1.807) is 0 Å². The van der Waals surface area contributed by atoms with E-state index < -0.39 is 24.3 Å². The molecule has 0 radical (unpaired) electrons. The molecule has 0 aromatic heterocycles. The summed E-state index contributed by atoms with van der Waals surface area (Å²) in [6.45, 7) is -0.434. The molecule has 3 atom stereocenters. The van der Waals surface area contributed by atoms with Crippen molar-refractivity contribution in [1.82, 2.24) is 20.9 Å². The summed E-state index contributed by atoms with van der Waals surface area (Å²) in [4.78, 5) is 25.3. The van der Waals surface area contributed by atoms with Crippen molar-refractivity contribution in [2.75, 3.05) is 19.6 Å². The Morgan fingerprint density at radius 1 is 1.33 bits per heavy atom. The van der Waals surface area contributed by atoms with Crippen LogP contribution in [0.25, 0.3) is 0 Å². The van der Waals surface area contributed by atoms with Crippen molar-refractivity contribution >= 4 is 11.9 Å². The number of halogens is 3. The molecule has 0 spiro atoms. The number of hydrogen-bond acceptors (Lipinski definition) is 3. The molecule has 1 aliphatic carbocycles. The second kappa shape index (κ2) is 6.42. The Morgan fingerprint density at radius 3 is 2.88 bits per heavy atom. The third kappa shape index (κ3) is 3.93. The van der Waals surface area contributed by atoms with Gasteiger partial charge in [0.1, 0.15) is 0 Å². The van der Waals surface area contributed by atoms with E-state index in [0.717, 1.165) is 25.7 Å². The first-order valence-corrected chi connectivity index (χ1v) is 8.43. The minimum absolute atomic E-state index is 0.0465. The molecule has 3 N–H and O–H groups in total. The molecule has 0 bridgehead atoms. The lowest BCUT2D eigenvalue weighted by Crippen LogP contribution is -2.60. The predicted molar refractivity (Wildman–Crippen MR) is 80.3 cm³/mol. The number of rotatable bonds is 3. The van der Waals surface area contributed by atoms with E-state index >= 15 is 0 Å². The molecule has 0 aromatic rings. The number of nitrogens with zero attached hydrogens (tertiary/aromatic N) is 1. The van der Waals surface area contributed by atoms with Gasteiger partial charge in [-0.3, -0.25) is 9.69 Å². The van der Waals surface area contributed by atoms with Crippen molar-refractivity contribution in [3.63, 3.8) is 0 Å². The maximum atomic E-state index is 12.4. The first kappa shape index (κ1) is 17.3. The van der Waals surface area contributed by atoms with Gasteiger partial charge in [0.25, 0.3) is 0 Å². The summed E-state index contributed by atoms with van der Waals surface area (Å²) in [6, 6.07) is -0.733. The van der Waals surface area contributed by atoms with Gasteiger partial charge in [-0.15, -0.1) is 0 Å². The number of urea groups is 1. The van der Waals surface area contributed by atoms with Crippen molar-refractivity contribution in [3.05, 3.63) is 0 Å². The van der Waals surface area contributed by atoms with Crippen molar-refractivity contribution in [2.45, 2.75) is 62.3 Å². The molecule has 6 nitrogen and oxygen atoms in total. The van der Waals surface area contributed by atoms with Crippen molar-refractivity contribution in [3.8, 4) is 0 Å². The number of carbonyl (C=O) groups excluding carboxylic acids is 2.